The van der Waals surface area contributed by atoms with E-state index in [-0.39, 0.29) is 44.3 Å². The number of hydrogen-bond donors (Lipinski definition) is 1. The molecule has 2 heterocycles. The van der Waals surface area contributed by atoms with Crippen LogP contribution in [-0.2, 0) is 23.9 Å². The Morgan fingerprint density at radius 1 is 1.17 bits per heavy atom. The van der Waals surface area contributed by atoms with Crippen LogP contribution in [0.3, 0.4) is 0 Å². The highest BCUT2D eigenvalue weighted by molar-refractivity contribution is 6.11. The number of carbonyl (C=O) groups excluding carboxylic acids is 5. The van der Waals surface area contributed by atoms with Crippen molar-refractivity contribution in [2.24, 2.45) is 0 Å². The van der Waals surface area contributed by atoms with Crippen molar-refractivity contribution in [1.29, 1.82) is 0 Å². The highest BCUT2D eigenvalue weighted by Crippen LogP contribution is 2.29. The topological polar surface area (TPSA) is 116 Å². The van der Waals surface area contributed by atoms with Crippen LogP contribution in [0.4, 0.5) is 16.2 Å². The second-order valence-corrected chi connectivity index (χ2v) is 6.91. The summed E-state index contributed by atoms with van der Waals surface area (Å²) in [5.41, 5.74) is 1.05. The van der Waals surface area contributed by atoms with E-state index in [1.165, 1.54) is 23.8 Å². The molecule has 1 atom stereocenters. The molecule has 0 spiro atoms. The highest BCUT2D eigenvalue weighted by Gasteiger charge is 2.34. The van der Waals surface area contributed by atoms with Gasteiger partial charge in [0.15, 0.2) is 6.10 Å². The van der Waals surface area contributed by atoms with Gasteiger partial charge in [0.25, 0.3) is 5.91 Å². The minimum absolute atomic E-state index is 0.0275. The van der Waals surface area contributed by atoms with Crippen LogP contribution in [-0.4, -0.2) is 72.3 Å². The lowest BCUT2D eigenvalue weighted by Crippen LogP contribution is -2.47. The summed E-state index contributed by atoms with van der Waals surface area (Å²) in [6.45, 7) is 1.42. The molecule has 1 saturated heterocycles. The Labute approximate surface area is 167 Å². The SMILES string of the molecule is C[C@H](OC(=O)CCCN1C(=O)CN(C)C1=O)C(=O)N1CC(=O)Nc2ccccc21. The second kappa shape index (κ2) is 8.29. The Hall–Kier alpha value is -3.43. The Balaban J connectivity index is 1.52. The number of esters is 1. The summed E-state index contributed by atoms with van der Waals surface area (Å²) in [5, 5.41) is 2.69. The lowest BCUT2D eigenvalue weighted by Gasteiger charge is -2.30. The Morgan fingerprint density at radius 3 is 2.59 bits per heavy atom. The molecule has 1 aromatic carbocycles. The number of nitrogens with one attached hydrogen (secondary N) is 1. The van der Waals surface area contributed by atoms with Crippen molar-refractivity contribution in [3.63, 3.8) is 0 Å². The van der Waals surface area contributed by atoms with Crippen LogP contribution < -0.4 is 10.2 Å². The van der Waals surface area contributed by atoms with Crippen molar-refractivity contribution in [3.8, 4) is 0 Å². The third kappa shape index (κ3) is 4.36. The zero-order valence-corrected chi connectivity index (χ0v) is 16.2. The maximum absolute atomic E-state index is 12.7. The van der Waals surface area contributed by atoms with E-state index in [0.717, 1.165) is 4.90 Å². The number of anilines is 2. The number of hydrogen-bond acceptors (Lipinski definition) is 6. The molecule has 10 heteroatoms. The first-order valence-electron chi connectivity index (χ1n) is 9.23. The molecular weight excluding hydrogens is 380 g/mol. The van der Waals surface area contributed by atoms with Crippen LogP contribution in [0.5, 0.6) is 0 Å². The van der Waals surface area contributed by atoms with Crippen molar-refractivity contribution in [2.75, 3.05) is 36.9 Å². The summed E-state index contributed by atoms with van der Waals surface area (Å²) in [7, 11) is 1.53. The van der Waals surface area contributed by atoms with Crippen LogP contribution in [0, 0.1) is 0 Å². The molecule has 0 radical (unpaired) electrons. The lowest BCUT2D eigenvalue weighted by molar-refractivity contribution is -0.154. The fourth-order valence-electron chi connectivity index (χ4n) is 3.23. The summed E-state index contributed by atoms with van der Waals surface area (Å²) in [4.78, 5) is 63.8. The molecule has 0 unspecified atom stereocenters. The predicted molar refractivity (Wildman–Crippen MR) is 102 cm³/mol. The molecule has 154 valence electrons. The molecule has 1 N–H and O–H groups in total. The van der Waals surface area contributed by atoms with Crippen LogP contribution in [0.2, 0.25) is 0 Å². The number of nitrogens with zero attached hydrogens (tertiary/aromatic N) is 3. The molecule has 2 aliphatic rings. The van der Waals surface area contributed by atoms with Gasteiger partial charge in [-0.15, -0.1) is 0 Å². The number of para-hydroxylation sites is 2. The molecule has 1 fully saturated rings. The van der Waals surface area contributed by atoms with E-state index in [1.807, 2.05) is 0 Å². The fraction of sp³-hybridized carbons (Fsp3) is 0.421. The van der Waals surface area contributed by atoms with Crippen LogP contribution in [0.25, 0.3) is 0 Å². The van der Waals surface area contributed by atoms with Crippen LogP contribution in [0.15, 0.2) is 24.3 Å². The van der Waals surface area contributed by atoms with E-state index >= 15 is 0 Å². The van der Waals surface area contributed by atoms with Crippen LogP contribution in [0.1, 0.15) is 19.8 Å². The predicted octanol–water partition coefficient (Wildman–Crippen LogP) is 0.578. The average molecular weight is 402 g/mol. The van der Waals surface area contributed by atoms with Gasteiger partial charge in [0.2, 0.25) is 11.8 Å². The van der Waals surface area contributed by atoms with Gasteiger partial charge in [0.1, 0.15) is 13.1 Å². The normalized spacial score (nSPS) is 17.2. The summed E-state index contributed by atoms with van der Waals surface area (Å²) >= 11 is 0. The third-order valence-corrected chi connectivity index (χ3v) is 4.69. The van der Waals surface area contributed by atoms with Crippen molar-refractivity contribution in [1.82, 2.24) is 9.80 Å². The molecule has 2 aliphatic heterocycles. The Morgan fingerprint density at radius 2 is 1.90 bits per heavy atom. The van der Waals surface area contributed by atoms with Crippen molar-refractivity contribution >= 4 is 41.1 Å². The van der Waals surface area contributed by atoms with Crippen molar-refractivity contribution in [3.05, 3.63) is 24.3 Å². The molecule has 5 amide bonds. The summed E-state index contributed by atoms with van der Waals surface area (Å²) in [6, 6.07) is 6.47. The van der Waals surface area contributed by atoms with Gasteiger partial charge in [0, 0.05) is 20.0 Å². The quantitative estimate of drug-likeness (QED) is 0.550. The van der Waals surface area contributed by atoms with Gasteiger partial charge in [0.05, 0.1) is 11.4 Å². The first kappa shape index (κ1) is 20.3. The summed E-state index contributed by atoms with van der Waals surface area (Å²) in [6.07, 6.45) is -0.891. The average Bonchev–Trinajstić information content (AvgIpc) is 2.92. The number of amides is 5. The smallest absolute Gasteiger partial charge is 0.326 e. The summed E-state index contributed by atoms with van der Waals surface area (Å²) < 4.78 is 5.19. The molecule has 0 aliphatic carbocycles. The van der Waals surface area contributed by atoms with E-state index in [1.54, 1.807) is 24.3 Å². The number of imide groups is 1. The number of rotatable bonds is 6. The summed E-state index contributed by atoms with van der Waals surface area (Å²) in [5.74, 6) is -1.77. The molecule has 0 bridgehead atoms. The molecular formula is C19H22N4O6. The van der Waals surface area contributed by atoms with E-state index in [4.69, 9.17) is 4.74 Å². The maximum atomic E-state index is 12.7. The van der Waals surface area contributed by atoms with Gasteiger partial charge < -0.3 is 15.0 Å². The number of carbonyl (C=O) groups is 5. The van der Waals surface area contributed by atoms with Gasteiger partial charge in [-0.1, -0.05) is 12.1 Å². The Kier molecular flexibility index (Phi) is 5.81. The Bertz CT molecular complexity index is 870. The maximum Gasteiger partial charge on any atom is 0.326 e. The number of urea groups is 1. The first-order chi connectivity index (χ1) is 13.8. The molecule has 10 nitrogen and oxygen atoms in total. The number of ether oxygens (including phenoxy) is 1. The van der Waals surface area contributed by atoms with E-state index < -0.39 is 24.0 Å². The van der Waals surface area contributed by atoms with Gasteiger partial charge in [-0.25, -0.2) is 4.79 Å². The minimum Gasteiger partial charge on any atom is -0.453 e. The van der Waals surface area contributed by atoms with Gasteiger partial charge >= 0.3 is 12.0 Å². The van der Waals surface area contributed by atoms with E-state index in [2.05, 4.69) is 5.32 Å². The first-order valence-corrected chi connectivity index (χ1v) is 9.23. The third-order valence-electron chi connectivity index (χ3n) is 4.69. The molecule has 0 saturated carbocycles. The molecule has 1 aromatic rings. The highest BCUT2D eigenvalue weighted by atomic mass is 16.5. The van der Waals surface area contributed by atoms with Gasteiger partial charge in [-0.05, 0) is 25.5 Å². The number of benzene rings is 1. The minimum atomic E-state index is -1.08. The van der Waals surface area contributed by atoms with Gasteiger partial charge in [-0.2, -0.15) is 0 Å². The monoisotopic (exact) mass is 402 g/mol. The van der Waals surface area contributed by atoms with Gasteiger partial charge in [-0.3, -0.25) is 29.0 Å². The van der Waals surface area contributed by atoms with Crippen LogP contribution >= 0.6 is 0 Å². The lowest BCUT2D eigenvalue weighted by atomic mass is 10.1. The largest absolute Gasteiger partial charge is 0.453 e. The second-order valence-electron chi connectivity index (χ2n) is 6.91. The zero-order valence-electron chi connectivity index (χ0n) is 16.2. The fourth-order valence-corrected chi connectivity index (χ4v) is 3.23. The standard InChI is InChI=1S/C19H22N4O6/c1-12(18(27)23-10-15(24)20-13-6-3-4-7-14(13)23)29-17(26)8-5-9-22-16(25)11-21(2)19(22)28/h3-4,6-7,12H,5,8-11H2,1-2H3,(H,20,24)/t12-/m0/s1. The van der Waals surface area contributed by atoms with Crippen molar-refractivity contribution < 1.29 is 28.7 Å². The zero-order chi connectivity index (χ0) is 21.1. The number of fused-ring (bicyclic) bond motifs is 1. The molecule has 29 heavy (non-hydrogen) atoms. The van der Waals surface area contributed by atoms with E-state index in [9.17, 15) is 24.0 Å². The van der Waals surface area contributed by atoms with Crippen molar-refractivity contribution in [2.45, 2.75) is 25.9 Å². The molecule has 3 rings (SSSR count). The number of likely N-dealkylation sites (N-methyl/N-ethyl adjacent to an activating group) is 1. The van der Waals surface area contributed by atoms with E-state index in [0.29, 0.717) is 11.4 Å². The molecule has 0 aromatic heterocycles.